The fraction of sp³-hybridized carbons (Fsp3) is 0.200. The summed E-state index contributed by atoms with van der Waals surface area (Å²) in [6.07, 6.45) is 1.21. The molecular weight excluding hydrogens is 297 g/mol. The van der Waals surface area contributed by atoms with Crippen LogP contribution in [0, 0.1) is 12.7 Å². The maximum atomic E-state index is 14.4. The smallest absolute Gasteiger partial charge is 0.240 e. The van der Waals surface area contributed by atoms with Crippen LogP contribution in [0.4, 0.5) is 21.8 Å². The molecule has 0 amide bonds. The second-order valence-electron chi connectivity index (χ2n) is 5.36. The van der Waals surface area contributed by atoms with E-state index in [0.717, 1.165) is 11.4 Å². The maximum absolute atomic E-state index is 14.4. The number of pyridine rings is 1. The highest BCUT2D eigenvalue weighted by molar-refractivity contribution is 5.87. The van der Waals surface area contributed by atoms with Crippen LogP contribution in [-0.2, 0) is 0 Å². The third-order valence-electron chi connectivity index (χ3n) is 3.29. The third-order valence-corrected chi connectivity index (χ3v) is 3.29. The molecule has 3 aromatic heterocycles. The van der Waals surface area contributed by atoms with Crippen LogP contribution in [-0.4, -0.2) is 25.3 Å². The lowest BCUT2D eigenvalue weighted by Crippen LogP contribution is -2.05. The Kier molecular flexibility index (Phi) is 3.44. The molecule has 7 nitrogen and oxygen atoms in total. The van der Waals surface area contributed by atoms with Crippen molar-refractivity contribution < 1.29 is 4.39 Å². The highest BCUT2D eigenvalue weighted by atomic mass is 19.1. The molecule has 0 unspecified atom stereocenters. The topological polar surface area (TPSA) is 107 Å². The number of nitrogens with two attached hydrogens (primary N) is 2. The van der Waals surface area contributed by atoms with E-state index >= 15 is 0 Å². The van der Waals surface area contributed by atoms with Crippen molar-refractivity contribution in [2.45, 2.75) is 20.8 Å². The second kappa shape index (κ2) is 5.31. The molecule has 0 aromatic carbocycles. The molecule has 0 saturated heterocycles. The molecule has 0 fully saturated rings. The number of fused-ring (bicyclic) bond motifs is 1. The first-order valence-corrected chi connectivity index (χ1v) is 6.96. The Bertz CT molecular complexity index is 939. The van der Waals surface area contributed by atoms with Gasteiger partial charge in [-0.3, -0.25) is 9.98 Å². The van der Waals surface area contributed by atoms with Crippen molar-refractivity contribution >= 4 is 28.7 Å². The minimum Gasteiger partial charge on any atom is -0.382 e. The first-order valence-electron chi connectivity index (χ1n) is 6.96. The number of anilines is 2. The number of halogens is 1. The minimum atomic E-state index is -0.494. The fourth-order valence-electron chi connectivity index (χ4n) is 2.39. The summed E-state index contributed by atoms with van der Waals surface area (Å²) in [5, 5.41) is 3.94. The van der Waals surface area contributed by atoms with E-state index in [-0.39, 0.29) is 17.3 Å². The number of nitrogens with zero attached hydrogens (tertiary/aromatic N) is 5. The molecule has 0 bridgehead atoms. The molecule has 0 radical (unpaired) electrons. The van der Waals surface area contributed by atoms with Crippen LogP contribution in [0.5, 0.6) is 0 Å². The van der Waals surface area contributed by atoms with Crippen LogP contribution < -0.4 is 11.5 Å². The van der Waals surface area contributed by atoms with Crippen LogP contribution in [0.25, 0.3) is 16.8 Å². The maximum Gasteiger partial charge on any atom is 0.240 e. The Morgan fingerprint density at radius 1 is 1.22 bits per heavy atom. The molecular formula is C15H16FN7. The average molecular weight is 313 g/mol. The molecule has 118 valence electrons. The molecule has 4 N–H and O–H groups in total. The predicted molar refractivity (Wildman–Crippen MR) is 88.2 cm³/mol. The van der Waals surface area contributed by atoms with Crippen LogP contribution in [0.2, 0.25) is 0 Å². The van der Waals surface area contributed by atoms with E-state index in [0.29, 0.717) is 16.9 Å². The van der Waals surface area contributed by atoms with Crippen LogP contribution in [0.1, 0.15) is 19.5 Å². The summed E-state index contributed by atoms with van der Waals surface area (Å²) in [4.78, 5) is 12.7. The summed E-state index contributed by atoms with van der Waals surface area (Å²) in [5.74, 6) is -0.419. The van der Waals surface area contributed by atoms with E-state index in [1.54, 1.807) is 12.1 Å². The summed E-state index contributed by atoms with van der Waals surface area (Å²) in [5.41, 5.74) is 14.8. The van der Waals surface area contributed by atoms with Gasteiger partial charge in [-0.25, -0.2) is 8.91 Å². The van der Waals surface area contributed by atoms with Gasteiger partial charge in [-0.2, -0.15) is 4.98 Å². The lowest BCUT2D eigenvalue weighted by atomic mass is 10.1. The summed E-state index contributed by atoms with van der Waals surface area (Å²) >= 11 is 0. The van der Waals surface area contributed by atoms with E-state index in [4.69, 9.17) is 11.5 Å². The summed E-state index contributed by atoms with van der Waals surface area (Å²) in [6.45, 7) is 5.62. The number of rotatable bonds is 2. The van der Waals surface area contributed by atoms with Crippen LogP contribution in [0.15, 0.2) is 23.3 Å². The molecule has 23 heavy (non-hydrogen) atoms. The van der Waals surface area contributed by atoms with Crippen molar-refractivity contribution in [3.8, 4) is 11.3 Å². The van der Waals surface area contributed by atoms with Gasteiger partial charge in [0.15, 0.2) is 11.6 Å². The zero-order valence-corrected chi connectivity index (χ0v) is 13.0. The number of nitrogen functional groups attached to an aromatic ring is 2. The van der Waals surface area contributed by atoms with Crippen LogP contribution in [0.3, 0.4) is 0 Å². The first kappa shape index (κ1) is 14.9. The Balaban J connectivity index is 2.23. The van der Waals surface area contributed by atoms with Crippen molar-refractivity contribution in [2.75, 3.05) is 11.5 Å². The van der Waals surface area contributed by atoms with Gasteiger partial charge in [0.2, 0.25) is 5.95 Å². The van der Waals surface area contributed by atoms with Gasteiger partial charge in [0, 0.05) is 5.71 Å². The van der Waals surface area contributed by atoms with Crippen molar-refractivity contribution in [1.82, 2.24) is 19.6 Å². The van der Waals surface area contributed by atoms with Crippen molar-refractivity contribution in [2.24, 2.45) is 4.99 Å². The predicted octanol–water partition coefficient (Wildman–Crippen LogP) is 2.52. The minimum absolute atomic E-state index is 0.0243. The van der Waals surface area contributed by atoms with Crippen LogP contribution >= 0.6 is 0 Å². The Hall–Kier alpha value is -3.03. The molecule has 0 aliphatic heterocycles. The van der Waals surface area contributed by atoms with Gasteiger partial charge in [0.25, 0.3) is 0 Å². The number of hydrogen-bond acceptors (Lipinski definition) is 6. The summed E-state index contributed by atoms with van der Waals surface area (Å²) in [6, 6.07) is 3.49. The molecule has 0 saturated carbocycles. The largest absolute Gasteiger partial charge is 0.382 e. The van der Waals surface area contributed by atoms with E-state index in [1.807, 2.05) is 20.8 Å². The summed E-state index contributed by atoms with van der Waals surface area (Å²) < 4.78 is 15.7. The number of aliphatic imine (C=N–C) groups is 1. The monoisotopic (exact) mass is 313 g/mol. The molecule has 0 atom stereocenters. The Morgan fingerprint density at radius 3 is 2.61 bits per heavy atom. The highest BCUT2D eigenvalue weighted by Gasteiger charge is 2.19. The molecule has 0 aliphatic rings. The third kappa shape index (κ3) is 2.59. The number of aryl methyl sites for hydroxylation is 1. The van der Waals surface area contributed by atoms with E-state index in [1.165, 1.54) is 10.7 Å². The van der Waals surface area contributed by atoms with Crippen molar-refractivity contribution in [3.63, 3.8) is 0 Å². The number of aromatic nitrogens is 4. The average Bonchev–Trinajstić information content (AvgIpc) is 2.77. The normalized spacial score (nSPS) is 11.0. The lowest BCUT2D eigenvalue weighted by Gasteiger charge is -2.06. The van der Waals surface area contributed by atoms with Crippen molar-refractivity contribution in [1.29, 1.82) is 0 Å². The Morgan fingerprint density at radius 2 is 1.96 bits per heavy atom. The van der Waals surface area contributed by atoms with Crippen molar-refractivity contribution in [3.05, 3.63) is 29.8 Å². The fourth-order valence-corrected chi connectivity index (χ4v) is 2.39. The van der Waals surface area contributed by atoms with Gasteiger partial charge in [0.05, 0.1) is 28.8 Å². The first-order chi connectivity index (χ1) is 10.9. The molecule has 3 rings (SSSR count). The second-order valence-corrected chi connectivity index (χ2v) is 5.36. The standard InChI is InChI=1S/C15H16FN7/c1-7(2)19-10-4-5-11(20-8(10)3)12-9(16)6-23-13(12)14(17)21-15(18)22-23/h4-6H,1-3H3,(H4,17,18,21,22). The number of hydrogen-bond donors (Lipinski definition) is 2. The zero-order valence-electron chi connectivity index (χ0n) is 13.0. The summed E-state index contributed by atoms with van der Waals surface area (Å²) in [7, 11) is 0. The molecule has 8 heteroatoms. The van der Waals surface area contributed by atoms with E-state index in [9.17, 15) is 4.39 Å². The lowest BCUT2D eigenvalue weighted by molar-refractivity contribution is 0.628. The van der Waals surface area contributed by atoms with Gasteiger partial charge in [0.1, 0.15) is 5.52 Å². The van der Waals surface area contributed by atoms with E-state index < -0.39 is 5.82 Å². The van der Waals surface area contributed by atoms with Gasteiger partial charge in [-0.15, -0.1) is 5.10 Å². The van der Waals surface area contributed by atoms with Gasteiger partial charge < -0.3 is 11.5 Å². The molecule has 3 aromatic rings. The molecule has 3 heterocycles. The zero-order chi connectivity index (χ0) is 16.7. The molecule has 0 spiro atoms. The SMILES string of the molecule is CC(C)=Nc1ccc(-c2c(F)cn3nc(N)nc(N)c23)nc1C. The molecule has 0 aliphatic carbocycles. The highest BCUT2D eigenvalue weighted by Crippen LogP contribution is 2.32. The van der Waals surface area contributed by atoms with Gasteiger partial charge in [-0.1, -0.05) is 0 Å². The quantitative estimate of drug-likeness (QED) is 0.707. The van der Waals surface area contributed by atoms with Gasteiger partial charge >= 0.3 is 0 Å². The van der Waals surface area contributed by atoms with E-state index in [2.05, 4.69) is 20.1 Å². The Labute approximate surface area is 131 Å². The van der Waals surface area contributed by atoms with Gasteiger partial charge in [-0.05, 0) is 32.9 Å².